The van der Waals surface area contributed by atoms with E-state index in [0.29, 0.717) is 5.69 Å². The molecule has 1 aromatic heterocycles. The molecule has 4 nitrogen and oxygen atoms in total. The summed E-state index contributed by atoms with van der Waals surface area (Å²) in [6, 6.07) is 3.59. The quantitative estimate of drug-likeness (QED) is 0.805. The summed E-state index contributed by atoms with van der Waals surface area (Å²) in [4.78, 5) is 18.1. The van der Waals surface area contributed by atoms with E-state index >= 15 is 0 Å². The van der Waals surface area contributed by atoms with Gasteiger partial charge in [-0.15, -0.1) is 11.8 Å². The highest BCUT2D eigenvalue weighted by Crippen LogP contribution is 2.22. The number of aliphatic hydroxyl groups excluding tert-OH is 1. The Morgan fingerprint density at radius 1 is 1.62 bits per heavy atom. The second-order valence-corrected chi connectivity index (χ2v) is 5.20. The molecule has 0 saturated carbocycles. The Morgan fingerprint density at radius 3 is 2.88 bits per heavy atom. The van der Waals surface area contributed by atoms with Crippen LogP contribution in [0.25, 0.3) is 0 Å². The molecule has 1 aromatic rings. The highest BCUT2D eigenvalue weighted by atomic mass is 32.2. The molecule has 0 aliphatic carbocycles. The molecule has 1 unspecified atom stereocenters. The number of carbonyl (C=O) groups excluding carboxylic acids is 1. The van der Waals surface area contributed by atoms with Gasteiger partial charge in [-0.2, -0.15) is 0 Å². The van der Waals surface area contributed by atoms with Crippen LogP contribution in [0.4, 0.5) is 0 Å². The van der Waals surface area contributed by atoms with Crippen LogP contribution in [0.5, 0.6) is 0 Å². The molecule has 1 rings (SSSR count). The average molecular weight is 240 g/mol. The Labute approximate surface area is 99.7 Å². The van der Waals surface area contributed by atoms with Crippen molar-refractivity contribution in [3.8, 4) is 0 Å². The minimum Gasteiger partial charge on any atom is -0.395 e. The summed E-state index contributed by atoms with van der Waals surface area (Å²) in [6.07, 6.45) is 1.61. The molecule has 88 valence electrons. The van der Waals surface area contributed by atoms with Crippen molar-refractivity contribution < 1.29 is 9.90 Å². The van der Waals surface area contributed by atoms with Crippen LogP contribution in [0.1, 0.15) is 17.4 Å². The lowest BCUT2D eigenvalue weighted by molar-refractivity contribution is 0.0821. The minimum absolute atomic E-state index is 0.112. The molecule has 0 fully saturated rings. The van der Waals surface area contributed by atoms with Gasteiger partial charge in [-0.25, -0.2) is 0 Å². The van der Waals surface area contributed by atoms with Crippen molar-refractivity contribution in [1.29, 1.82) is 0 Å². The monoisotopic (exact) mass is 240 g/mol. The molecule has 1 amide bonds. The first-order valence-electron chi connectivity index (χ1n) is 4.99. The molecule has 16 heavy (non-hydrogen) atoms. The lowest BCUT2D eigenvalue weighted by Gasteiger charge is -2.11. The van der Waals surface area contributed by atoms with E-state index in [4.69, 9.17) is 5.11 Å². The summed E-state index contributed by atoms with van der Waals surface area (Å²) >= 11 is 1.53. The van der Waals surface area contributed by atoms with Gasteiger partial charge in [0.15, 0.2) is 0 Å². The summed E-state index contributed by atoms with van der Waals surface area (Å²) in [5.41, 5.74) is 0.431. The number of aromatic nitrogens is 1. The van der Waals surface area contributed by atoms with Gasteiger partial charge in [-0.05, 0) is 12.1 Å². The SMILES string of the molecule is CC(CO)Sc1ccnc(C(=O)N(C)C)c1. The second-order valence-electron chi connectivity index (χ2n) is 3.69. The van der Waals surface area contributed by atoms with Gasteiger partial charge >= 0.3 is 0 Å². The Kier molecular flexibility index (Phi) is 4.76. The Bertz CT molecular complexity index is 369. The van der Waals surface area contributed by atoms with E-state index in [1.165, 1.54) is 16.7 Å². The molecule has 1 heterocycles. The zero-order valence-electron chi connectivity index (χ0n) is 9.67. The largest absolute Gasteiger partial charge is 0.395 e. The molecule has 0 aliphatic heterocycles. The van der Waals surface area contributed by atoms with E-state index in [9.17, 15) is 4.79 Å². The number of amides is 1. The zero-order valence-corrected chi connectivity index (χ0v) is 10.5. The molecule has 1 N–H and O–H groups in total. The summed E-state index contributed by atoms with van der Waals surface area (Å²) in [7, 11) is 3.39. The Balaban J connectivity index is 2.83. The number of aliphatic hydroxyl groups is 1. The molecule has 0 bridgehead atoms. The number of hydrogen-bond donors (Lipinski definition) is 1. The number of hydrogen-bond acceptors (Lipinski definition) is 4. The van der Waals surface area contributed by atoms with Gasteiger partial charge in [0.1, 0.15) is 5.69 Å². The second kappa shape index (κ2) is 5.86. The summed E-state index contributed by atoms with van der Waals surface area (Å²) in [6.45, 7) is 2.04. The van der Waals surface area contributed by atoms with E-state index in [1.807, 2.05) is 13.0 Å². The third-order valence-electron chi connectivity index (χ3n) is 1.95. The molecule has 0 spiro atoms. The predicted molar refractivity (Wildman–Crippen MR) is 64.7 cm³/mol. The van der Waals surface area contributed by atoms with Crippen molar-refractivity contribution in [3.05, 3.63) is 24.0 Å². The molecule has 1 atom stereocenters. The normalized spacial score (nSPS) is 12.2. The molecule has 0 aliphatic rings. The van der Waals surface area contributed by atoms with Gasteiger partial charge < -0.3 is 10.0 Å². The van der Waals surface area contributed by atoms with Crippen LogP contribution in [-0.4, -0.2) is 46.8 Å². The van der Waals surface area contributed by atoms with Crippen molar-refractivity contribution in [2.24, 2.45) is 0 Å². The fourth-order valence-corrected chi connectivity index (χ4v) is 1.96. The standard InChI is InChI=1S/C11H16N2O2S/c1-8(7-14)16-9-4-5-12-10(6-9)11(15)13(2)3/h4-6,8,14H,7H2,1-3H3. The van der Waals surface area contributed by atoms with E-state index < -0.39 is 0 Å². The van der Waals surface area contributed by atoms with Gasteiger partial charge in [0, 0.05) is 30.4 Å². The third-order valence-corrected chi connectivity index (χ3v) is 3.03. The van der Waals surface area contributed by atoms with Crippen LogP contribution in [0.2, 0.25) is 0 Å². The lowest BCUT2D eigenvalue weighted by atomic mass is 10.3. The number of rotatable bonds is 4. The summed E-state index contributed by atoms with van der Waals surface area (Å²) < 4.78 is 0. The van der Waals surface area contributed by atoms with Gasteiger partial charge in [-0.3, -0.25) is 9.78 Å². The number of nitrogens with zero attached hydrogens (tertiary/aromatic N) is 2. The maximum Gasteiger partial charge on any atom is 0.271 e. The maximum absolute atomic E-state index is 11.7. The van der Waals surface area contributed by atoms with Crippen molar-refractivity contribution in [1.82, 2.24) is 9.88 Å². The molecular formula is C11H16N2O2S. The molecule has 0 saturated heterocycles. The highest BCUT2D eigenvalue weighted by Gasteiger charge is 2.11. The number of pyridine rings is 1. The highest BCUT2D eigenvalue weighted by molar-refractivity contribution is 8.00. The topological polar surface area (TPSA) is 53.4 Å². The lowest BCUT2D eigenvalue weighted by Crippen LogP contribution is -2.22. The minimum atomic E-state index is -0.112. The zero-order chi connectivity index (χ0) is 12.1. The van der Waals surface area contributed by atoms with E-state index in [-0.39, 0.29) is 17.8 Å². The van der Waals surface area contributed by atoms with Crippen LogP contribution >= 0.6 is 11.8 Å². The number of thioether (sulfide) groups is 1. The van der Waals surface area contributed by atoms with Crippen molar-refractivity contribution >= 4 is 17.7 Å². The van der Waals surface area contributed by atoms with E-state index in [1.54, 1.807) is 26.4 Å². The summed E-state index contributed by atoms with van der Waals surface area (Å²) in [5.74, 6) is -0.112. The predicted octanol–water partition coefficient (Wildman–Crippen LogP) is 1.26. The van der Waals surface area contributed by atoms with Crippen molar-refractivity contribution in [2.45, 2.75) is 17.1 Å². The van der Waals surface area contributed by atoms with Gasteiger partial charge in [-0.1, -0.05) is 6.92 Å². The molecule has 0 radical (unpaired) electrons. The number of carbonyl (C=O) groups is 1. The fraction of sp³-hybridized carbons (Fsp3) is 0.455. The Morgan fingerprint density at radius 2 is 2.31 bits per heavy atom. The van der Waals surface area contributed by atoms with Gasteiger partial charge in [0.2, 0.25) is 0 Å². The van der Waals surface area contributed by atoms with Crippen LogP contribution < -0.4 is 0 Å². The van der Waals surface area contributed by atoms with Gasteiger partial charge in [0.25, 0.3) is 5.91 Å². The fourth-order valence-electron chi connectivity index (χ4n) is 1.10. The van der Waals surface area contributed by atoms with Crippen molar-refractivity contribution in [3.63, 3.8) is 0 Å². The van der Waals surface area contributed by atoms with E-state index in [0.717, 1.165) is 4.90 Å². The molecular weight excluding hydrogens is 224 g/mol. The third kappa shape index (κ3) is 3.50. The molecule has 0 aromatic carbocycles. The first-order chi connectivity index (χ1) is 7.54. The summed E-state index contributed by atoms with van der Waals surface area (Å²) in [5, 5.41) is 9.07. The Hall–Kier alpha value is -1.07. The average Bonchev–Trinajstić information content (AvgIpc) is 2.28. The van der Waals surface area contributed by atoms with Gasteiger partial charge in [0.05, 0.1) is 6.61 Å². The van der Waals surface area contributed by atoms with Crippen molar-refractivity contribution in [2.75, 3.05) is 20.7 Å². The van der Waals surface area contributed by atoms with E-state index in [2.05, 4.69) is 4.98 Å². The first-order valence-corrected chi connectivity index (χ1v) is 5.87. The molecule has 5 heteroatoms. The smallest absolute Gasteiger partial charge is 0.271 e. The van der Waals surface area contributed by atoms with Crippen LogP contribution in [0, 0.1) is 0 Å². The first kappa shape index (κ1) is 13.0. The maximum atomic E-state index is 11.7. The van der Waals surface area contributed by atoms with Crippen LogP contribution in [0.15, 0.2) is 23.2 Å². The van der Waals surface area contributed by atoms with Crippen LogP contribution in [-0.2, 0) is 0 Å². The van der Waals surface area contributed by atoms with Crippen LogP contribution in [0.3, 0.4) is 0 Å².